The predicted octanol–water partition coefficient (Wildman–Crippen LogP) is 2.29. The molecule has 1 rings (SSSR count). The summed E-state index contributed by atoms with van der Waals surface area (Å²) in [5, 5.41) is 2.93. The summed E-state index contributed by atoms with van der Waals surface area (Å²) in [6.45, 7) is 3.51. The fourth-order valence-corrected chi connectivity index (χ4v) is 2.54. The molecule has 7 heteroatoms. The highest BCUT2D eigenvalue weighted by atomic mass is 79.9. The van der Waals surface area contributed by atoms with Crippen LogP contribution in [0.25, 0.3) is 0 Å². The molecule has 0 radical (unpaired) electrons. The number of anilines is 1. The van der Waals surface area contributed by atoms with Crippen molar-refractivity contribution in [3.8, 4) is 0 Å². The van der Waals surface area contributed by atoms with Crippen LogP contribution in [0.15, 0.2) is 16.6 Å². The molecule has 0 aliphatic carbocycles. The normalized spacial score (nSPS) is 11.2. The van der Waals surface area contributed by atoms with Crippen molar-refractivity contribution in [2.24, 2.45) is 11.5 Å². The largest absolute Gasteiger partial charge is 0.389 e. The van der Waals surface area contributed by atoms with Gasteiger partial charge in [-0.05, 0) is 41.9 Å². The molecule has 1 aromatic carbocycles. The Morgan fingerprint density at radius 3 is 2.53 bits per heavy atom. The van der Waals surface area contributed by atoms with Crippen molar-refractivity contribution in [1.82, 2.24) is 0 Å². The van der Waals surface area contributed by atoms with Crippen molar-refractivity contribution >= 4 is 44.7 Å². The molecule has 0 aromatic heterocycles. The first-order valence-electron chi connectivity index (χ1n) is 5.48. The van der Waals surface area contributed by atoms with Gasteiger partial charge in [0.1, 0.15) is 4.99 Å². The van der Waals surface area contributed by atoms with Crippen LogP contribution in [0.5, 0.6) is 0 Å². The van der Waals surface area contributed by atoms with E-state index in [-0.39, 0.29) is 21.6 Å². The van der Waals surface area contributed by atoms with E-state index in [0.717, 1.165) is 0 Å². The maximum absolute atomic E-state index is 14.1. The van der Waals surface area contributed by atoms with Gasteiger partial charge < -0.3 is 16.8 Å². The number of nitrogens with two attached hydrogens (primary N) is 2. The molecule has 0 saturated carbocycles. The summed E-state index contributed by atoms with van der Waals surface area (Å²) in [5.74, 6) is -0.973. The van der Waals surface area contributed by atoms with Crippen LogP contribution in [-0.2, 0) is 4.79 Å². The molecular weight excluding hydrogens is 333 g/mol. The molecule has 4 nitrogen and oxygen atoms in total. The SMILES string of the molecule is CC(C)(CC(N)=O)Nc1ccc(C(N)=S)c(Br)c1F. The molecular formula is C12H15BrFN3OS. The highest BCUT2D eigenvalue weighted by Crippen LogP contribution is 2.29. The lowest BCUT2D eigenvalue weighted by Crippen LogP contribution is -2.36. The maximum Gasteiger partial charge on any atom is 0.219 e. The Morgan fingerprint density at radius 2 is 2.05 bits per heavy atom. The summed E-state index contributed by atoms with van der Waals surface area (Å²) in [4.78, 5) is 11.1. The van der Waals surface area contributed by atoms with Gasteiger partial charge in [-0.1, -0.05) is 12.2 Å². The Bertz CT molecular complexity index is 534. The number of carbonyl (C=O) groups is 1. The van der Waals surface area contributed by atoms with Gasteiger partial charge in [-0.2, -0.15) is 0 Å². The molecule has 1 amide bonds. The molecule has 0 unspecified atom stereocenters. The van der Waals surface area contributed by atoms with Crippen molar-refractivity contribution in [1.29, 1.82) is 0 Å². The van der Waals surface area contributed by atoms with Crippen LogP contribution in [0, 0.1) is 5.82 Å². The summed E-state index contributed by atoms with van der Waals surface area (Å²) in [6, 6.07) is 3.13. The first-order valence-corrected chi connectivity index (χ1v) is 6.68. The number of thiocarbonyl (C=S) groups is 1. The standard InChI is InChI=1S/C12H15BrFN3OS/c1-12(2,5-8(15)18)17-7-4-3-6(11(16)19)9(13)10(7)14/h3-4,17H,5H2,1-2H3,(H2,15,18)(H2,16,19). The van der Waals surface area contributed by atoms with Crippen LogP contribution in [0.4, 0.5) is 10.1 Å². The Kier molecular flexibility index (Phi) is 4.86. The van der Waals surface area contributed by atoms with Crippen LogP contribution in [-0.4, -0.2) is 16.4 Å². The van der Waals surface area contributed by atoms with E-state index in [1.165, 1.54) is 6.07 Å². The molecule has 0 bridgehead atoms. The third-order valence-electron chi connectivity index (χ3n) is 2.44. The number of benzene rings is 1. The lowest BCUT2D eigenvalue weighted by atomic mass is 9.99. The topological polar surface area (TPSA) is 81.1 Å². The lowest BCUT2D eigenvalue weighted by Gasteiger charge is -2.26. The molecule has 0 saturated heterocycles. The van der Waals surface area contributed by atoms with Gasteiger partial charge in [0.15, 0.2) is 5.82 Å². The maximum atomic E-state index is 14.1. The fourth-order valence-electron chi connectivity index (χ4n) is 1.68. The van der Waals surface area contributed by atoms with E-state index in [2.05, 4.69) is 21.2 Å². The van der Waals surface area contributed by atoms with Crippen LogP contribution < -0.4 is 16.8 Å². The van der Waals surface area contributed by atoms with E-state index >= 15 is 0 Å². The van der Waals surface area contributed by atoms with E-state index in [9.17, 15) is 9.18 Å². The molecule has 0 aliphatic heterocycles. The van der Waals surface area contributed by atoms with Gasteiger partial charge in [0.25, 0.3) is 0 Å². The van der Waals surface area contributed by atoms with E-state index in [1.807, 2.05) is 0 Å². The zero-order valence-corrected chi connectivity index (χ0v) is 13.0. The first kappa shape index (κ1) is 15.8. The van der Waals surface area contributed by atoms with Gasteiger partial charge in [-0.3, -0.25) is 4.79 Å². The minimum absolute atomic E-state index is 0.0844. The Morgan fingerprint density at radius 1 is 1.47 bits per heavy atom. The number of nitrogens with one attached hydrogen (secondary N) is 1. The van der Waals surface area contributed by atoms with Crippen molar-refractivity contribution in [3.63, 3.8) is 0 Å². The van der Waals surface area contributed by atoms with Gasteiger partial charge >= 0.3 is 0 Å². The number of hydrogen-bond acceptors (Lipinski definition) is 3. The molecule has 0 aliphatic rings. The van der Waals surface area contributed by atoms with E-state index in [4.69, 9.17) is 23.7 Å². The molecule has 0 spiro atoms. The Labute approximate surface area is 124 Å². The van der Waals surface area contributed by atoms with Gasteiger partial charge in [0, 0.05) is 17.5 Å². The predicted molar refractivity (Wildman–Crippen MR) is 81.5 cm³/mol. The van der Waals surface area contributed by atoms with Crippen LogP contribution >= 0.6 is 28.1 Å². The lowest BCUT2D eigenvalue weighted by molar-refractivity contribution is -0.118. The second-order valence-corrected chi connectivity index (χ2v) is 6.04. The van der Waals surface area contributed by atoms with Crippen LogP contribution in [0.2, 0.25) is 0 Å². The minimum Gasteiger partial charge on any atom is -0.389 e. The van der Waals surface area contributed by atoms with Gasteiger partial charge in [0.05, 0.1) is 10.2 Å². The van der Waals surface area contributed by atoms with Crippen molar-refractivity contribution in [2.45, 2.75) is 25.8 Å². The molecule has 1 aromatic rings. The van der Waals surface area contributed by atoms with E-state index in [0.29, 0.717) is 5.56 Å². The van der Waals surface area contributed by atoms with Crippen LogP contribution in [0.3, 0.4) is 0 Å². The van der Waals surface area contributed by atoms with Crippen molar-refractivity contribution < 1.29 is 9.18 Å². The zero-order valence-electron chi connectivity index (χ0n) is 10.6. The number of halogens is 2. The highest BCUT2D eigenvalue weighted by molar-refractivity contribution is 9.10. The van der Waals surface area contributed by atoms with Crippen molar-refractivity contribution in [2.75, 3.05) is 5.32 Å². The summed E-state index contributed by atoms with van der Waals surface area (Å²) in [6.07, 6.45) is 0.0844. The second-order valence-electron chi connectivity index (χ2n) is 4.80. The van der Waals surface area contributed by atoms with Crippen molar-refractivity contribution in [3.05, 3.63) is 28.0 Å². The summed E-state index contributed by atoms with van der Waals surface area (Å²) in [7, 11) is 0. The molecule has 104 valence electrons. The smallest absolute Gasteiger partial charge is 0.219 e. The molecule has 5 N–H and O–H groups in total. The van der Waals surface area contributed by atoms with E-state index in [1.54, 1.807) is 19.9 Å². The fraction of sp³-hybridized carbons (Fsp3) is 0.333. The third-order valence-corrected chi connectivity index (χ3v) is 3.43. The van der Waals surface area contributed by atoms with Gasteiger partial charge in [0.2, 0.25) is 5.91 Å². The molecule has 19 heavy (non-hydrogen) atoms. The Balaban J connectivity index is 3.07. The summed E-state index contributed by atoms with van der Waals surface area (Å²) < 4.78 is 14.3. The zero-order chi connectivity index (χ0) is 14.8. The second kappa shape index (κ2) is 5.83. The number of hydrogen-bond donors (Lipinski definition) is 3. The third kappa shape index (κ3) is 4.14. The van der Waals surface area contributed by atoms with Gasteiger partial charge in [-0.25, -0.2) is 4.39 Å². The average Bonchev–Trinajstić information content (AvgIpc) is 2.22. The number of primary amides is 1. The number of carbonyl (C=O) groups excluding carboxylic acids is 1. The monoisotopic (exact) mass is 347 g/mol. The Hall–Kier alpha value is -1.21. The minimum atomic E-state index is -0.656. The average molecular weight is 348 g/mol. The highest BCUT2D eigenvalue weighted by Gasteiger charge is 2.23. The number of amides is 1. The first-order chi connectivity index (χ1) is 8.64. The molecule has 0 atom stereocenters. The quantitative estimate of drug-likeness (QED) is 0.713. The summed E-state index contributed by atoms with van der Waals surface area (Å²) >= 11 is 7.93. The van der Waals surface area contributed by atoms with Crippen LogP contribution in [0.1, 0.15) is 25.8 Å². The van der Waals surface area contributed by atoms with E-state index < -0.39 is 17.3 Å². The molecule has 0 fully saturated rings. The molecule has 0 heterocycles. The number of rotatable bonds is 5. The summed E-state index contributed by atoms with van der Waals surface area (Å²) in [5.41, 5.74) is 10.6. The van der Waals surface area contributed by atoms with Gasteiger partial charge in [-0.15, -0.1) is 0 Å².